The second-order valence-corrected chi connectivity index (χ2v) is 5.13. The number of aryl methyl sites for hydroxylation is 1. The van der Waals surface area contributed by atoms with Gasteiger partial charge in [0, 0.05) is 37.8 Å². The highest BCUT2D eigenvalue weighted by atomic mass is 35.5. The molecule has 0 radical (unpaired) electrons. The fourth-order valence-electron chi connectivity index (χ4n) is 2.38. The van der Waals surface area contributed by atoms with E-state index in [9.17, 15) is 0 Å². The molecule has 0 saturated carbocycles. The minimum atomic E-state index is 0.275. The third-order valence-corrected chi connectivity index (χ3v) is 3.77. The summed E-state index contributed by atoms with van der Waals surface area (Å²) in [6.45, 7) is 1.48. The van der Waals surface area contributed by atoms with Crippen LogP contribution in [-0.2, 0) is 13.6 Å². The van der Waals surface area contributed by atoms with Crippen LogP contribution in [0.5, 0.6) is 5.75 Å². The molecule has 1 atom stereocenters. The number of para-hydroxylation sites is 1. The lowest BCUT2D eigenvalue weighted by Gasteiger charge is -2.27. The van der Waals surface area contributed by atoms with E-state index < -0.39 is 0 Å². The van der Waals surface area contributed by atoms with Gasteiger partial charge in [0.05, 0.1) is 23.7 Å². The van der Waals surface area contributed by atoms with Gasteiger partial charge in [0.25, 0.3) is 0 Å². The smallest absolute Gasteiger partial charge is 0.142 e. The molecule has 100 valence electrons. The molecular formula is C14H16ClN3O. The molecule has 5 heteroatoms. The van der Waals surface area contributed by atoms with E-state index >= 15 is 0 Å². The molecule has 0 bridgehead atoms. The highest BCUT2D eigenvalue weighted by Gasteiger charge is 2.22. The first-order valence-corrected chi connectivity index (χ1v) is 6.73. The summed E-state index contributed by atoms with van der Waals surface area (Å²) in [5.41, 5.74) is 2.30. The second-order valence-electron chi connectivity index (χ2n) is 4.72. The molecule has 0 aliphatic carbocycles. The zero-order chi connectivity index (χ0) is 13.2. The Labute approximate surface area is 117 Å². The Morgan fingerprint density at radius 1 is 1.53 bits per heavy atom. The summed E-state index contributed by atoms with van der Waals surface area (Å²) in [5, 5.41) is 4.23. The molecule has 1 aromatic heterocycles. The first kappa shape index (κ1) is 12.5. The maximum Gasteiger partial charge on any atom is 0.142 e. The molecule has 3 rings (SSSR count). The van der Waals surface area contributed by atoms with Crippen molar-refractivity contribution in [3.8, 4) is 5.75 Å². The number of ether oxygens (including phenoxy) is 1. The van der Waals surface area contributed by atoms with Crippen molar-refractivity contribution in [3.63, 3.8) is 0 Å². The molecule has 0 saturated heterocycles. The van der Waals surface area contributed by atoms with E-state index in [1.165, 1.54) is 0 Å². The molecule has 1 aliphatic rings. The molecule has 2 aromatic rings. The Balaban J connectivity index is 1.77. The van der Waals surface area contributed by atoms with Crippen molar-refractivity contribution >= 4 is 11.6 Å². The van der Waals surface area contributed by atoms with Gasteiger partial charge in [-0.1, -0.05) is 23.7 Å². The average molecular weight is 278 g/mol. The van der Waals surface area contributed by atoms with Crippen LogP contribution in [0.2, 0.25) is 5.02 Å². The highest BCUT2D eigenvalue weighted by Crippen LogP contribution is 2.37. The number of hydrogen-bond donors (Lipinski definition) is 1. The van der Waals surface area contributed by atoms with Crippen LogP contribution in [0, 0.1) is 0 Å². The standard InChI is InChI=1S/C14H16ClN3O/c1-18-9-16-7-10(18)8-17-13-5-6-19-14-11(13)3-2-4-12(14)15/h2-4,7,9,13,17H,5-6,8H2,1H3/t13-/m1/s1. The van der Waals surface area contributed by atoms with Gasteiger partial charge in [-0.15, -0.1) is 0 Å². The number of rotatable bonds is 3. The van der Waals surface area contributed by atoms with E-state index in [-0.39, 0.29) is 6.04 Å². The highest BCUT2D eigenvalue weighted by molar-refractivity contribution is 6.32. The maximum absolute atomic E-state index is 6.17. The van der Waals surface area contributed by atoms with Gasteiger partial charge in [-0.2, -0.15) is 0 Å². The van der Waals surface area contributed by atoms with Gasteiger partial charge in [-0.25, -0.2) is 4.98 Å². The lowest BCUT2D eigenvalue weighted by molar-refractivity contribution is 0.252. The lowest BCUT2D eigenvalue weighted by Crippen LogP contribution is -2.27. The minimum Gasteiger partial charge on any atom is -0.492 e. The van der Waals surface area contributed by atoms with Gasteiger partial charge in [0.1, 0.15) is 5.75 Å². The average Bonchev–Trinajstić information content (AvgIpc) is 2.82. The summed E-state index contributed by atoms with van der Waals surface area (Å²) in [5.74, 6) is 0.818. The fourth-order valence-corrected chi connectivity index (χ4v) is 2.62. The first-order valence-electron chi connectivity index (χ1n) is 6.35. The maximum atomic E-state index is 6.17. The van der Waals surface area contributed by atoms with Gasteiger partial charge in [0.2, 0.25) is 0 Å². The Morgan fingerprint density at radius 2 is 2.42 bits per heavy atom. The van der Waals surface area contributed by atoms with Crippen molar-refractivity contribution in [1.29, 1.82) is 0 Å². The normalized spacial score (nSPS) is 17.9. The third kappa shape index (κ3) is 2.46. The van der Waals surface area contributed by atoms with Crippen LogP contribution >= 0.6 is 11.6 Å². The van der Waals surface area contributed by atoms with Gasteiger partial charge in [0.15, 0.2) is 0 Å². The SMILES string of the molecule is Cn1cncc1CN[C@@H]1CCOc2c(Cl)cccc21. The van der Waals surface area contributed by atoms with E-state index in [1.54, 1.807) is 0 Å². The van der Waals surface area contributed by atoms with Crippen LogP contribution in [0.1, 0.15) is 23.7 Å². The fraction of sp³-hybridized carbons (Fsp3) is 0.357. The Bertz CT molecular complexity index is 582. The predicted molar refractivity (Wildman–Crippen MR) is 74.4 cm³/mol. The van der Waals surface area contributed by atoms with Gasteiger partial charge in [-0.05, 0) is 6.07 Å². The quantitative estimate of drug-likeness (QED) is 0.938. The molecule has 0 spiro atoms. The number of fused-ring (bicyclic) bond motifs is 1. The summed E-state index contributed by atoms with van der Waals surface area (Å²) in [6, 6.07) is 6.18. The van der Waals surface area contributed by atoms with Crippen molar-refractivity contribution in [2.45, 2.75) is 19.0 Å². The number of imidazole rings is 1. The van der Waals surface area contributed by atoms with Crippen LogP contribution in [-0.4, -0.2) is 16.2 Å². The molecule has 19 heavy (non-hydrogen) atoms. The van der Waals surface area contributed by atoms with Gasteiger partial charge < -0.3 is 14.6 Å². The van der Waals surface area contributed by atoms with E-state index in [0.717, 1.165) is 30.0 Å². The van der Waals surface area contributed by atoms with E-state index in [1.807, 2.05) is 36.3 Å². The van der Waals surface area contributed by atoms with E-state index in [2.05, 4.69) is 16.4 Å². The molecule has 1 aliphatic heterocycles. The second kappa shape index (κ2) is 5.23. The first-order chi connectivity index (χ1) is 9.25. The van der Waals surface area contributed by atoms with Crippen molar-refractivity contribution in [2.75, 3.05) is 6.61 Å². The Hall–Kier alpha value is -1.52. The van der Waals surface area contributed by atoms with Crippen molar-refractivity contribution < 1.29 is 4.74 Å². The van der Waals surface area contributed by atoms with Crippen LogP contribution in [0.25, 0.3) is 0 Å². The predicted octanol–water partition coefficient (Wildman–Crippen LogP) is 2.69. The summed E-state index contributed by atoms with van der Waals surface area (Å²) >= 11 is 6.17. The molecule has 0 fully saturated rings. The van der Waals surface area contributed by atoms with Crippen molar-refractivity contribution in [3.05, 3.63) is 47.0 Å². The number of nitrogens with zero attached hydrogens (tertiary/aromatic N) is 2. The van der Waals surface area contributed by atoms with E-state index in [4.69, 9.17) is 16.3 Å². The largest absolute Gasteiger partial charge is 0.492 e. The van der Waals surface area contributed by atoms with E-state index in [0.29, 0.717) is 11.6 Å². The van der Waals surface area contributed by atoms with Crippen LogP contribution in [0.3, 0.4) is 0 Å². The monoisotopic (exact) mass is 277 g/mol. The summed E-state index contributed by atoms with van der Waals surface area (Å²) < 4.78 is 7.67. The number of hydrogen-bond acceptors (Lipinski definition) is 3. The molecule has 0 amide bonds. The van der Waals surface area contributed by atoms with Crippen LogP contribution in [0.4, 0.5) is 0 Å². The Morgan fingerprint density at radius 3 is 3.21 bits per heavy atom. The van der Waals surface area contributed by atoms with Gasteiger partial charge in [-0.3, -0.25) is 0 Å². The summed E-state index contributed by atoms with van der Waals surface area (Å²) in [4.78, 5) is 4.12. The number of benzene rings is 1. The Kier molecular flexibility index (Phi) is 3.44. The zero-order valence-electron chi connectivity index (χ0n) is 10.8. The van der Waals surface area contributed by atoms with Crippen LogP contribution < -0.4 is 10.1 Å². The van der Waals surface area contributed by atoms with Crippen molar-refractivity contribution in [2.24, 2.45) is 7.05 Å². The van der Waals surface area contributed by atoms with Gasteiger partial charge >= 0.3 is 0 Å². The molecule has 2 heterocycles. The molecule has 1 N–H and O–H groups in total. The zero-order valence-corrected chi connectivity index (χ0v) is 11.5. The number of nitrogens with one attached hydrogen (secondary N) is 1. The van der Waals surface area contributed by atoms with Crippen molar-refractivity contribution in [1.82, 2.24) is 14.9 Å². The minimum absolute atomic E-state index is 0.275. The number of aromatic nitrogens is 2. The topological polar surface area (TPSA) is 39.1 Å². The number of halogens is 1. The molecule has 1 aromatic carbocycles. The summed E-state index contributed by atoms with van der Waals surface area (Å²) in [7, 11) is 2.00. The lowest BCUT2D eigenvalue weighted by atomic mass is 10.0. The van der Waals surface area contributed by atoms with Crippen LogP contribution in [0.15, 0.2) is 30.7 Å². The molecule has 4 nitrogen and oxygen atoms in total. The summed E-state index contributed by atoms with van der Waals surface area (Å²) in [6.07, 6.45) is 4.64. The third-order valence-electron chi connectivity index (χ3n) is 3.47. The molecular weight excluding hydrogens is 262 g/mol. The molecule has 0 unspecified atom stereocenters.